The zero-order valence-corrected chi connectivity index (χ0v) is 15.6. The van der Waals surface area contributed by atoms with Crippen molar-refractivity contribution in [1.29, 1.82) is 0 Å². The number of benzene rings is 2. The molecule has 1 aliphatic rings. The highest BCUT2D eigenvalue weighted by Gasteiger charge is 2.62. The molecule has 1 saturated heterocycles. The number of methoxy groups -OCH3 is 1. The first-order valence-corrected chi connectivity index (χ1v) is 8.91. The number of halogens is 2. The molecule has 0 aliphatic carbocycles. The van der Waals surface area contributed by atoms with Crippen LogP contribution < -0.4 is 0 Å². The third-order valence-corrected chi connectivity index (χ3v) is 4.57. The molecule has 28 heavy (non-hydrogen) atoms. The van der Waals surface area contributed by atoms with Gasteiger partial charge in [0.2, 0.25) is 0 Å². The summed E-state index contributed by atoms with van der Waals surface area (Å²) < 4.78 is 50.8. The number of carbonyl (C=O) groups excluding carboxylic acids is 1. The maximum Gasteiger partial charge on any atom is 0.338 e. The van der Waals surface area contributed by atoms with E-state index in [1.165, 1.54) is 14.0 Å². The van der Waals surface area contributed by atoms with Crippen molar-refractivity contribution in [3.8, 4) is 0 Å². The minimum absolute atomic E-state index is 0.143. The second kappa shape index (κ2) is 8.77. The quantitative estimate of drug-likeness (QED) is 0.671. The lowest BCUT2D eigenvalue weighted by atomic mass is 10.1. The van der Waals surface area contributed by atoms with Gasteiger partial charge in [0.1, 0.15) is 0 Å². The Bertz CT molecular complexity index is 773. The van der Waals surface area contributed by atoms with Gasteiger partial charge in [-0.3, -0.25) is 0 Å². The van der Waals surface area contributed by atoms with Crippen LogP contribution in [0, 0.1) is 0 Å². The molecule has 0 aromatic heterocycles. The van der Waals surface area contributed by atoms with Gasteiger partial charge in [-0.2, -0.15) is 0 Å². The van der Waals surface area contributed by atoms with Crippen molar-refractivity contribution in [3.05, 3.63) is 71.8 Å². The molecular weight excluding hydrogens is 370 g/mol. The minimum atomic E-state index is -2.91. The standard InChI is InChI=1S/C21H22F2O5/c1-14-17(27-19(24)16-11-7-4-8-12-16)18(25-2)21(23,28-14)20(22)26-13-15-9-5-3-6-10-15/h3-12,14,17-18,20H,13H2,1-2H3/t14-,17-,18+,20?,21+/m0/s1. The predicted octanol–water partition coefficient (Wildman–Crippen LogP) is 3.82. The maximum absolute atomic E-state index is 15.4. The Balaban J connectivity index is 1.70. The van der Waals surface area contributed by atoms with Crippen LogP contribution in [0.5, 0.6) is 0 Å². The molecule has 0 spiro atoms. The first kappa shape index (κ1) is 20.4. The van der Waals surface area contributed by atoms with E-state index >= 15 is 4.39 Å². The molecule has 5 atom stereocenters. The highest BCUT2D eigenvalue weighted by molar-refractivity contribution is 5.89. The van der Waals surface area contributed by atoms with E-state index in [9.17, 15) is 9.18 Å². The summed E-state index contributed by atoms with van der Waals surface area (Å²) in [6.07, 6.45) is -5.98. The lowest BCUT2D eigenvalue weighted by Crippen LogP contribution is -2.49. The summed E-state index contributed by atoms with van der Waals surface area (Å²) >= 11 is 0. The third-order valence-electron chi connectivity index (χ3n) is 4.57. The minimum Gasteiger partial charge on any atom is -0.453 e. The number of rotatable bonds is 7. The van der Waals surface area contributed by atoms with Gasteiger partial charge >= 0.3 is 5.97 Å². The molecule has 0 radical (unpaired) electrons. The monoisotopic (exact) mass is 392 g/mol. The van der Waals surface area contributed by atoms with Crippen LogP contribution in [-0.2, 0) is 25.6 Å². The van der Waals surface area contributed by atoms with Gasteiger partial charge in [0.25, 0.3) is 12.2 Å². The summed E-state index contributed by atoms with van der Waals surface area (Å²) in [7, 11) is 1.20. The highest BCUT2D eigenvalue weighted by Crippen LogP contribution is 2.40. The Kier molecular flexibility index (Phi) is 6.39. The van der Waals surface area contributed by atoms with E-state index in [2.05, 4.69) is 0 Å². The van der Waals surface area contributed by atoms with Crippen LogP contribution in [0.2, 0.25) is 0 Å². The largest absolute Gasteiger partial charge is 0.453 e. The second-order valence-electron chi connectivity index (χ2n) is 6.53. The molecule has 1 fully saturated rings. The predicted molar refractivity (Wildman–Crippen MR) is 97.0 cm³/mol. The van der Waals surface area contributed by atoms with Gasteiger partial charge in [0.15, 0.2) is 12.2 Å². The summed E-state index contributed by atoms with van der Waals surface area (Å²) in [4.78, 5) is 12.3. The van der Waals surface area contributed by atoms with Crippen LogP contribution in [0.4, 0.5) is 8.78 Å². The first-order valence-electron chi connectivity index (χ1n) is 8.91. The van der Waals surface area contributed by atoms with Crippen molar-refractivity contribution in [3.63, 3.8) is 0 Å². The van der Waals surface area contributed by atoms with E-state index in [-0.39, 0.29) is 12.2 Å². The SMILES string of the molecule is CO[C@@H]1[C@@H](OC(=O)c2ccccc2)[C@H](C)O[C@@]1(F)C(F)OCc1ccccc1. The average molecular weight is 392 g/mol. The van der Waals surface area contributed by atoms with Gasteiger partial charge in [-0.1, -0.05) is 48.5 Å². The molecule has 0 N–H and O–H groups in total. The molecule has 1 heterocycles. The van der Waals surface area contributed by atoms with Crippen molar-refractivity contribution in [1.82, 2.24) is 0 Å². The Morgan fingerprint density at radius 1 is 1.14 bits per heavy atom. The van der Waals surface area contributed by atoms with E-state index < -0.39 is 36.5 Å². The van der Waals surface area contributed by atoms with E-state index in [0.717, 1.165) is 0 Å². The van der Waals surface area contributed by atoms with Crippen LogP contribution in [0.3, 0.4) is 0 Å². The first-order chi connectivity index (χ1) is 13.5. The molecule has 0 amide bonds. The summed E-state index contributed by atoms with van der Waals surface area (Å²) in [5, 5.41) is 0. The smallest absolute Gasteiger partial charge is 0.338 e. The molecular formula is C21H22F2O5. The molecule has 2 aromatic rings. The van der Waals surface area contributed by atoms with Crippen LogP contribution in [0.15, 0.2) is 60.7 Å². The van der Waals surface area contributed by atoms with Gasteiger partial charge in [-0.25, -0.2) is 13.6 Å². The van der Waals surface area contributed by atoms with Crippen LogP contribution in [0.25, 0.3) is 0 Å². The lowest BCUT2D eigenvalue weighted by molar-refractivity contribution is -0.283. The van der Waals surface area contributed by atoms with Crippen LogP contribution >= 0.6 is 0 Å². The van der Waals surface area contributed by atoms with Gasteiger partial charge in [0, 0.05) is 7.11 Å². The molecule has 1 unspecified atom stereocenters. The fourth-order valence-corrected chi connectivity index (χ4v) is 3.15. The molecule has 2 aromatic carbocycles. The number of esters is 1. The Morgan fingerprint density at radius 3 is 2.36 bits per heavy atom. The number of carbonyl (C=O) groups is 1. The molecule has 1 aliphatic heterocycles. The fraction of sp³-hybridized carbons (Fsp3) is 0.381. The zero-order chi connectivity index (χ0) is 20.1. The van der Waals surface area contributed by atoms with Gasteiger partial charge in [-0.15, -0.1) is 0 Å². The average Bonchev–Trinajstić information content (AvgIpc) is 2.97. The number of hydrogen-bond donors (Lipinski definition) is 0. The highest BCUT2D eigenvalue weighted by atomic mass is 19.2. The molecule has 0 bridgehead atoms. The van der Waals surface area contributed by atoms with Gasteiger partial charge in [0.05, 0.1) is 18.3 Å². The fourth-order valence-electron chi connectivity index (χ4n) is 3.15. The second-order valence-corrected chi connectivity index (χ2v) is 6.53. The third kappa shape index (κ3) is 4.22. The summed E-state index contributed by atoms with van der Waals surface area (Å²) in [5.41, 5.74) is 0.971. The summed E-state index contributed by atoms with van der Waals surface area (Å²) in [6.45, 7) is 1.34. The molecule has 7 heteroatoms. The van der Waals surface area contributed by atoms with Gasteiger partial charge in [-0.05, 0) is 24.6 Å². The van der Waals surface area contributed by atoms with E-state index in [0.29, 0.717) is 5.56 Å². The van der Waals surface area contributed by atoms with Crippen molar-refractivity contribution in [2.24, 2.45) is 0 Å². The summed E-state index contributed by atoms with van der Waals surface area (Å²) in [5.74, 6) is -3.59. The summed E-state index contributed by atoms with van der Waals surface area (Å²) in [6, 6.07) is 17.0. The molecule has 5 nitrogen and oxygen atoms in total. The Hall–Kier alpha value is -2.35. The van der Waals surface area contributed by atoms with Crippen molar-refractivity contribution in [2.45, 2.75) is 44.1 Å². The number of ether oxygens (including phenoxy) is 4. The van der Waals surface area contributed by atoms with Crippen molar-refractivity contribution < 1.29 is 32.5 Å². The van der Waals surface area contributed by atoms with E-state index in [1.807, 2.05) is 6.07 Å². The molecule has 150 valence electrons. The lowest BCUT2D eigenvalue weighted by Gasteiger charge is -2.29. The van der Waals surface area contributed by atoms with Gasteiger partial charge < -0.3 is 18.9 Å². The van der Waals surface area contributed by atoms with Crippen LogP contribution in [0.1, 0.15) is 22.8 Å². The zero-order valence-electron chi connectivity index (χ0n) is 15.6. The van der Waals surface area contributed by atoms with E-state index in [1.54, 1.807) is 54.6 Å². The van der Waals surface area contributed by atoms with Crippen LogP contribution in [-0.4, -0.2) is 43.6 Å². The molecule has 0 saturated carbocycles. The van der Waals surface area contributed by atoms with Crippen molar-refractivity contribution >= 4 is 5.97 Å². The Morgan fingerprint density at radius 2 is 1.75 bits per heavy atom. The normalized spacial score (nSPS) is 28.1. The van der Waals surface area contributed by atoms with E-state index in [4.69, 9.17) is 18.9 Å². The molecule has 3 rings (SSSR count). The van der Waals surface area contributed by atoms with Crippen molar-refractivity contribution in [2.75, 3.05) is 7.11 Å². The Labute approximate surface area is 162 Å². The number of hydrogen-bond acceptors (Lipinski definition) is 5. The number of alkyl halides is 2. The topological polar surface area (TPSA) is 54.0 Å². The maximum atomic E-state index is 15.4.